The van der Waals surface area contributed by atoms with E-state index < -0.39 is 0 Å². The molecule has 0 bridgehead atoms. The minimum Gasteiger partial charge on any atom is -0.299 e. The van der Waals surface area contributed by atoms with Crippen LogP contribution in [-0.2, 0) is 0 Å². The second kappa shape index (κ2) is 7.59. The Kier molecular flexibility index (Phi) is 5.53. The summed E-state index contributed by atoms with van der Waals surface area (Å²) in [5.41, 5.74) is 6.95. The zero-order valence-electron chi connectivity index (χ0n) is 13.6. The van der Waals surface area contributed by atoms with Crippen LogP contribution in [0.3, 0.4) is 0 Å². The second-order valence-corrected chi connectivity index (χ2v) is 5.67. The number of benzene rings is 1. The molecule has 1 N–H and O–H groups in total. The maximum Gasteiger partial charge on any atom is 0.140 e. The third-order valence-electron chi connectivity index (χ3n) is 3.70. The van der Waals surface area contributed by atoms with Crippen molar-refractivity contribution in [1.29, 1.82) is 0 Å². The Morgan fingerprint density at radius 2 is 1.71 bits per heavy atom. The van der Waals surface area contributed by atoms with Crippen LogP contribution in [0.1, 0.15) is 24.1 Å². The highest BCUT2D eigenvalue weighted by Gasteiger charge is 2.07. The number of nitrogens with zero attached hydrogens (tertiary/aromatic N) is 3. The Balaban J connectivity index is 0.000000199. The van der Waals surface area contributed by atoms with Gasteiger partial charge in [0.25, 0.3) is 0 Å². The van der Waals surface area contributed by atoms with Crippen LogP contribution in [0.4, 0.5) is 0 Å². The van der Waals surface area contributed by atoms with Gasteiger partial charge in [0.1, 0.15) is 5.65 Å². The maximum atomic E-state index is 4.40. The molecule has 0 saturated carbocycles. The molecule has 3 heterocycles. The molecule has 4 aromatic rings. The molecular formula is C20H24N4. The lowest BCUT2D eigenvalue weighted by atomic mass is 10.2. The Morgan fingerprint density at radius 3 is 2.29 bits per heavy atom. The molecule has 3 aromatic heterocycles. The van der Waals surface area contributed by atoms with Crippen molar-refractivity contribution in [2.75, 3.05) is 0 Å². The normalized spacial score (nSPS) is 9.96. The van der Waals surface area contributed by atoms with Gasteiger partial charge in [0.2, 0.25) is 0 Å². The van der Waals surface area contributed by atoms with Crippen molar-refractivity contribution in [2.24, 2.45) is 0 Å². The molecule has 4 nitrogen and oxygen atoms in total. The van der Waals surface area contributed by atoms with Crippen molar-refractivity contribution in [3.05, 3.63) is 77.9 Å². The molecule has 1 aromatic carbocycles. The van der Waals surface area contributed by atoms with E-state index in [0.717, 1.165) is 16.9 Å². The van der Waals surface area contributed by atoms with Crippen LogP contribution < -0.4 is 0 Å². The minimum absolute atomic E-state index is 0. The molecular weight excluding hydrogens is 296 g/mol. The van der Waals surface area contributed by atoms with E-state index in [1.807, 2.05) is 24.7 Å². The summed E-state index contributed by atoms with van der Waals surface area (Å²) in [4.78, 5) is 4.40. The highest BCUT2D eigenvalue weighted by molar-refractivity contribution is 5.63. The predicted octanol–water partition coefficient (Wildman–Crippen LogP) is 4.97. The fourth-order valence-electron chi connectivity index (χ4n) is 2.56. The van der Waals surface area contributed by atoms with Gasteiger partial charge in [-0.05, 0) is 32.4 Å². The van der Waals surface area contributed by atoms with Gasteiger partial charge in [-0.1, -0.05) is 48.9 Å². The van der Waals surface area contributed by atoms with Gasteiger partial charge in [0.05, 0.1) is 18.1 Å². The number of hydrogen-bond acceptors (Lipinski definition) is 2. The second-order valence-electron chi connectivity index (χ2n) is 5.67. The van der Waals surface area contributed by atoms with Gasteiger partial charge in [0.15, 0.2) is 0 Å². The van der Waals surface area contributed by atoms with Crippen molar-refractivity contribution >= 4 is 5.65 Å². The summed E-state index contributed by atoms with van der Waals surface area (Å²) in [6, 6.07) is 12.5. The minimum atomic E-state index is 0. The summed E-state index contributed by atoms with van der Waals surface area (Å²) >= 11 is 0. The van der Waals surface area contributed by atoms with Crippen molar-refractivity contribution < 1.29 is 0 Å². The van der Waals surface area contributed by atoms with Gasteiger partial charge in [-0.25, -0.2) is 4.98 Å². The lowest BCUT2D eigenvalue weighted by molar-refractivity contribution is 1.09. The number of rotatable bonds is 1. The Bertz CT molecular complexity index is 887. The first-order valence-electron chi connectivity index (χ1n) is 7.60. The number of hydrogen-bond donors (Lipinski definition) is 1. The van der Waals surface area contributed by atoms with E-state index in [9.17, 15) is 0 Å². The van der Waals surface area contributed by atoms with Crippen molar-refractivity contribution in [2.45, 2.75) is 28.2 Å². The molecule has 24 heavy (non-hydrogen) atoms. The van der Waals surface area contributed by atoms with Gasteiger partial charge in [-0.2, -0.15) is 5.10 Å². The van der Waals surface area contributed by atoms with E-state index in [0.29, 0.717) is 0 Å². The van der Waals surface area contributed by atoms with Crippen LogP contribution in [0.25, 0.3) is 16.9 Å². The van der Waals surface area contributed by atoms with Gasteiger partial charge in [-0.3, -0.25) is 9.50 Å². The van der Waals surface area contributed by atoms with E-state index >= 15 is 0 Å². The van der Waals surface area contributed by atoms with E-state index in [2.05, 4.69) is 70.7 Å². The standard InChI is InChI=1S/C11H10N4.C8H10.CH4/c1-8-3-2-4-15-10(7-12-11(8)15)9-5-13-14-6-9;1-7-4-3-5-8(2)6-7;/h2-7H,1H3,(H,13,14);3-6H,1-2H3;1H4. The van der Waals surface area contributed by atoms with Crippen LogP contribution in [0, 0.1) is 20.8 Å². The number of aromatic amines is 1. The zero-order chi connectivity index (χ0) is 16.2. The molecule has 0 fully saturated rings. The summed E-state index contributed by atoms with van der Waals surface area (Å²) in [6.45, 7) is 6.27. The van der Waals surface area contributed by atoms with E-state index in [4.69, 9.17) is 0 Å². The quantitative estimate of drug-likeness (QED) is 0.538. The number of H-pyrrole nitrogens is 1. The first-order chi connectivity index (χ1) is 11.1. The predicted molar refractivity (Wildman–Crippen MR) is 100 cm³/mol. The lowest BCUT2D eigenvalue weighted by Gasteiger charge is -1.99. The SMILES string of the molecule is C.Cc1cccc(C)c1.Cc1cccn2c(-c3cn[nH]c3)cnc12. The monoisotopic (exact) mass is 320 g/mol. The molecule has 0 aliphatic carbocycles. The molecule has 0 unspecified atom stereocenters. The molecule has 0 saturated heterocycles. The summed E-state index contributed by atoms with van der Waals surface area (Å²) < 4.78 is 2.07. The van der Waals surface area contributed by atoms with E-state index in [1.54, 1.807) is 6.20 Å². The summed E-state index contributed by atoms with van der Waals surface area (Å²) in [5, 5.41) is 6.75. The van der Waals surface area contributed by atoms with Crippen molar-refractivity contribution in [3.8, 4) is 11.3 Å². The molecule has 0 spiro atoms. The first-order valence-corrected chi connectivity index (χ1v) is 7.60. The van der Waals surface area contributed by atoms with Gasteiger partial charge >= 0.3 is 0 Å². The highest BCUT2D eigenvalue weighted by Crippen LogP contribution is 2.20. The third kappa shape index (κ3) is 3.71. The molecule has 0 aliphatic heterocycles. The summed E-state index contributed by atoms with van der Waals surface area (Å²) in [5.74, 6) is 0. The number of aromatic nitrogens is 4. The maximum absolute atomic E-state index is 4.40. The zero-order valence-corrected chi connectivity index (χ0v) is 13.6. The fourth-order valence-corrected chi connectivity index (χ4v) is 2.56. The third-order valence-corrected chi connectivity index (χ3v) is 3.70. The molecule has 0 amide bonds. The van der Waals surface area contributed by atoms with Crippen LogP contribution in [0.5, 0.6) is 0 Å². The Morgan fingerprint density at radius 1 is 0.958 bits per heavy atom. The topological polar surface area (TPSA) is 46.0 Å². The highest BCUT2D eigenvalue weighted by atomic mass is 15.1. The molecule has 0 atom stereocenters. The number of aryl methyl sites for hydroxylation is 3. The fraction of sp³-hybridized carbons (Fsp3) is 0.200. The number of pyridine rings is 1. The largest absolute Gasteiger partial charge is 0.299 e. The lowest BCUT2D eigenvalue weighted by Crippen LogP contribution is -1.88. The average molecular weight is 320 g/mol. The smallest absolute Gasteiger partial charge is 0.140 e. The average Bonchev–Trinajstić information content (AvgIpc) is 3.17. The Hall–Kier alpha value is -2.88. The Labute approximate surface area is 143 Å². The van der Waals surface area contributed by atoms with E-state index in [1.165, 1.54) is 16.7 Å². The number of fused-ring (bicyclic) bond motifs is 1. The van der Waals surface area contributed by atoms with Crippen LogP contribution in [0.15, 0.2) is 61.2 Å². The van der Waals surface area contributed by atoms with Crippen molar-refractivity contribution in [1.82, 2.24) is 19.6 Å². The van der Waals surface area contributed by atoms with Gasteiger partial charge < -0.3 is 0 Å². The van der Waals surface area contributed by atoms with Crippen LogP contribution in [0.2, 0.25) is 0 Å². The molecule has 0 radical (unpaired) electrons. The number of imidazole rings is 1. The van der Waals surface area contributed by atoms with Crippen molar-refractivity contribution in [3.63, 3.8) is 0 Å². The van der Waals surface area contributed by atoms with Crippen LogP contribution in [-0.4, -0.2) is 19.6 Å². The van der Waals surface area contributed by atoms with E-state index in [-0.39, 0.29) is 7.43 Å². The molecule has 124 valence electrons. The first kappa shape index (κ1) is 17.5. The number of nitrogens with one attached hydrogen (secondary N) is 1. The molecule has 0 aliphatic rings. The molecule has 4 heteroatoms. The van der Waals surface area contributed by atoms with Gasteiger partial charge in [0, 0.05) is 18.0 Å². The summed E-state index contributed by atoms with van der Waals surface area (Å²) in [6.07, 6.45) is 7.54. The van der Waals surface area contributed by atoms with Gasteiger partial charge in [-0.15, -0.1) is 0 Å². The molecule has 4 rings (SSSR count). The van der Waals surface area contributed by atoms with Crippen LogP contribution >= 0.6 is 0 Å². The summed E-state index contributed by atoms with van der Waals surface area (Å²) in [7, 11) is 0.